The first-order valence-corrected chi connectivity index (χ1v) is 19.7. The van der Waals surface area contributed by atoms with E-state index in [1.807, 2.05) is 47.7 Å². The third kappa shape index (κ3) is 5.15. The number of hydrogen-bond acceptors (Lipinski definition) is 7. The number of aromatic nitrogens is 4. The lowest BCUT2D eigenvalue weighted by molar-refractivity contribution is 1.02. The number of pyridine rings is 1. The van der Waals surface area contributed by atoms with E-state index in [-0.39, 0.29) is 5.25 Å². The summed E-state index contributed by atoms with van der Waals surface area (Å²) in [5.41, 5.74) is 10.2. The van der Waals surface area contributed by atoms with Crippen molar-refractivity contribution in [1.82, 2.24) is 19.9 Å². The minimum atomic E-state index is 0.0628. The van der Waals surface area contributed by atoms with Crippen molar-refractivity contribution >= 4 is 83.1 Å². The van der Waals surface area contributed by atoms with Crippen LogP contribution in [-0.2, 0) is 0 Å². The van der Waals surface area contributed by atoms with Crippen molar-refractivity contribution in [1.29, 1.82) is 0 Å². The SMILES string of the molecule is CC(S)c1cccc(-c2nc(-c3ccccc3)nc(N3c4ccc(-c5cccc6c5sc5ccccc56)cc4-c4nc5ccccc5c5cccc3c45)n2)c1. The highest BCUT2D eigenvalue weighted by molar-refractivity contribution is 7.80. The van der Waals surface area contributed by atoms with Gasteiger partial charge in [-0.2, -0.15) is 22.6 Å². The Morgan fingerprint density at radius 3 is 2.11 bits per heavy atom. The molecule has 10 aromatic rings. The molecule has 260 valence electrons. The molecule has 0 aliphatic carbocycles. The maximum atomic E-state index is 5.41. The average molecular weight is 742 g/mol. The molecule has 0 N–H and O–H groups in total. The molecule has 0 amide bonds. The molecule has 1 unspecified atom stereocenters. The second-order valence-electron chi connectivity index (χ2n) is 14.0. The Hall–Kier alpha value is -6.41. The first-order chi connectivity index (χ1) is 27.1. The Kier molecular flexibility index (Phi) is 7.34. The van der Waals surface area contributed by atoms with Crippen LogP contribution in [0.3, 0.4) is 0 Å². The predicted octanol–water partition coefficient (Wildman–Crippen LogP) is 13.4. The van der Waals surface area contributed by atoms with Crippen LogP contribution in [0.1, 0.15) is 17.7 Å². The van der Waals surface area contributed by atoms with Crippen LogP contribution < -0.4 is 4.90 Å². The molecule has 1 atom stereocenters. The first-order valence-electron chi connectivity index (χ1n) is 18.4. The molecule has 0 radical (unpaired) electrons. The lowest BCUT2D eigenvalue weighted by Crippen LogP contribution is -2.19. The van der Waals surface area contributed by atoms with Gasteiger partial charge in [0, 0.05) is 52.9 Å². The zero-order chi connectivity index (χ0) is 36.6. The van der Waals surface area contributed by atoms with Crippen molar-refractivity contribution in [2.24, 2.45) is 0 Å². The summed E-state index contributed by atoms with van der Waals surface area (Å²) in [6.07, 6.45) is 0. The molecule has 55 heavy (non-hydrogen) atoms. The van der Waals surface area contributed by atoms with Crippen LogP contribution in [0.2, 0.25) is 0 Å². The molecule has 1 aliphatic heterocycles. The van der Waals surface area contributed by atoms with Gasteiger partial charge in [-0.1, -0.05) is 121 Å². The molecule has 7 aromatic carbocycles. The number of para-hydroxylation sites is 1. The van der Waals surface area contributed by atoms with Crippen molar-refractivity contribution in [2.75, 3.05) is 4.90 Å². The Morgan fingerprint density at radius 1 is 0.527 bits per heavy atom. The van der Waals surface area contributed by atoms with E-state index in [1.165, 1.54) is 25.7 Å². The van der Waals surface area contributed by atoms with E-state index in [0.29, 0.717) is 17.6 Å². The largest absolute Gasteiger partial charge is 0.278 e. The fourth-order valence-electron chi connectivity index (χ4n) is 8.03. The summed E-state index contributed by atoms with van der Waals surface area (Å²) < 4.78 is 2.57. The van der Waals surface area contributed by atoms with E-state index < -0.39 is 0 Å². The number of fused-ring (bicyclic) bond motifs is 7. The molecule has 0 saturated carbocycles. The van der Waals surface area contributed by atoms with Gasteiger partial charge in [-0.25, -0.2) is 9.97 Å². The van der Waals surface area contributed by atoms with Gasteiger partial charge in [-0.15, -0.1) is 11.3 Å². The standard InChI is InChI=1S/C48H31N5S2/c1-28(54)30-14-9-15-32(26-30)47-50-46(29-12-3-2-4-13-29)51-48(52-47)53-40-25-24-31(33-18-10-20-37-35-17-6-8-23-42(35)55-45(33)37)27-38(40)44-43-36(19-11-22-41(43)53)34-16-5-7-21-39(34)49-44/h2-28,54H,1H3. The van der Waals surface area contributed by atoms with Gasteiger partial charge in [-0.05, 0) is 65.4 Å². The average Bonchev–Trinajstić information content (AvgIpc) is 3.63. The van der Waals surface area contributed by atoms with Gasteiger partial charge in [-0.3, -0.25) is 4.90 Å². The van der Waals surface area contributed by atoms with E-state index in [9.17, 15) is 0 Å². The number of rotatable bonds is 5. The summed E-state index contributed by atoms with van der Waals surface area (Å²) in [5, 5.41) is 5.94. The minimum absolute atomic E-state index is 0.0628. The van der Waals surface area contributed by atoms with Crippen molar-refractivity contribution in [3.8, 4) is 45.2 Å². The van der Waals surface area contributed by atoms with Crippen molar-refractivity contribution in [3.05, 3.63) is 163 Å². The highest BCUT2D eigenvalue weighted by Gasteiger charge is 2.31. The molecule has 3 aromatic heterocycles. The summed E-state index contributed by atoms with van der Waals surface area (Å²) in [6, 6.07) is 55.4. The second kappa shape index (κ2) is 12.6. The van der Waals surface area contributed by atoms with Gasteiger partial charge in [0.25, 0.3) is 0 Å². The van der Waals surface area contributed by atoms with Crippen molar-refractivity contribution < 1.29 is 0 Å². The quantitative estimate of drug-likeness (QED) is 0.141. The van der Waals surface area contributed by atoms with Crippen LogP contribution >= 0.6 is 24.0 Å². The smallest absolute Gasteiger partial charge is 0.238 e. The summed E-state index contributed by atoms with van der Waals surface area (Å²) in [7, 11) is 0. The first kappa shape index (κ1) is 32.1. The predicted molar refractivity (Wildman–Crippen MR) is 233 cm³/mol. The molecule has 0 spiro atoms. The monoisotopic (exact) mass is 741 g/mol. The normalized spacial score (nSPS) is 12.8. The molecule has 0 bridgehead atoms. The summed E-state index contributed by atoms with van der Waals surface area (Å²) in [5.74, 6) is 1.75. The van der Waals surface area contributed by atoms with E-state index >= 15 is 0 Å². The molecule has 5 nitrogen and oxygen atoms in total. The maximum Gasteiger partial charge on any atom is 0.238 e. The fourth-order valence-corrected chi connectivity index (χ4v) is 9.42. The molecule has 11 rings (SSSR count). The van der Waals surface area contributed by atoms with Crippen LogP contribution in [-0.4, -0.2) is 19.9 Å². The van der Waals surface area contributed by atoms with Gasteiger partial charge in [0.2, 0.25) is 5.95 Å². The molecular weight excluding hydrogens is 711 g/mol. The molecule has 7 heteroatoms. The van der Waals surface area contributed by atoms with Crippen molar-refractivity contribution in [2.45, 2.75) is 12.2 Å². The third-order valence-corrected chi connectivity index (χ3v) is 12.2. The molecule has 4 heterocycles. The Balaban J connectivity index is 1.20. The lowest BCUT2D eigenvalue weighted by Gasteiger charge is -2.32. The van der Waals surface area contributed by atoms with E-state index in [1.54, 1.807) is 0 Å². The highest BCUT2D eigenvalue weighted by Crippen LogP contribution is 2.52. The van der Waals surface area contributed by atoms with E-state index in [4.69, 9.17) is 32.6 Å². The molecule has 0 fully saturated rings. The second-order valence-corrected chi connectivity index (χ2v) is 15.8. The molecule has 1 aliphatic rings. The van der Waals surface area contributed by atoms with Crippen LogP contribution in [0.25, 0.3) is 87.0 Å². The number of anilines is 3. The number of nitrogens with zero attached hydrogens (tertiary/aromatic N) is 5. The van der Waals surface area contributed by atoms with Crippen LogP contribution in [0, 0.1) is 0 Å². The van der Waals surface area contributed by atoms with Gasteiger partial charge in [0.15, 0.2) is 11.6 Å². The minimum Gasteiger partial charge on any atom is -0.278 e. The maximum absolute atomic E-state index is 5.41. The van der Waals surface area contributed by atoms with E-state index in [2.05, 4.69) is 133 Å². The van der Waals surface area contributed by atoms with Gasteiger partial charge < -0.3 is 0 Å². The summed E-state index contributed by atoms with van der Waals surface area (Å²) >= 11 is 6.59. The van der Waals surface area contributed by atoms with Crippen LogP contribution in [0.15, 0.2) is 158 Å². The van der Waals surface area contributed by atoms with Crippen LogP contribution in [0.5, 0.6) is 0 Å². The topological polar surface area (TPSA) is 54.8 Å². The Bertz CT molecular complexity index is 3150. The molecule has 0 saturated heterocycles. The zero-order valence-electron chi connectivity index (χ0n) is 29.7. The van der Waals surface area contributed by atoms with Gasteiger partial charge >= 0.3 is 0 Å². The number of hydrogen-bond donors (Lipinski definition) is 1. The zero-order valence-corrected chi connectivity index (χ0v) is 31.4. The Labute approximate surface area is 327 Å². The number of thiophene rings is 1. The Morgan fingerprint density at radius 2 is 1.24 bits per heavy atom. The van der Waals surface area contributed by atoms with Gasteiger partial charge in [0.1, 0.15) is 0 Å². The summed E-state index contributed by atoms with van der Waals surface area (Å²) in [4.78, 5) is 23.2. The molecular formula is C48H31N5S2. The number of benzene rings is 7. The van der Waals surface area contributed by atoms with Crippen molar-refractivity contribution in [3.63, 3.8) is 0 Å². The number of thiol groups is 1. The third-order valence-electron chi connectivity index (χ3n) is 10.6. The lowest BCUT2D eigenvalue weighted by atomic mass is 9.91. The van der Waals surface area contributed by atoms with Crippen LogP contribution in [0.4, 0.5) is 17.3 Å². The highest BCUT2D eigenvalue weighted by atomic mass is 32.1. The van der Waals surface area contributed by atoms with Gasteiger partial charge in [0.05, 0.1) is 22.6 Å². The van der Waals surface area contributed by atoms with E-state index in [0.717, 1.165) is 66.6 Å². The fraction of sp³-hybridized carbons (Fsp3) is 0.0417. The summed E-state index contributed by atoms with van der Waals surface area (Å²) in [6.45, 7) is 2.08.